The molecule has 0 spiro atoms. The lowest BCUT2D eigenvalue weighted by atomic mass is 10.1. The molecule has 0 atom stereocenters. The first-order chi connectivity index (χ1) is 12.8. The minimum absolute atomic E-state index is 0.0808. The van der Waals surface area contributed by atoms with E-state index in [4.69, 9.17) is 16.1 Å². The number of aryl methyl sites for hydroxylation is 1. The maximum absolute atomic E-state index is 13.0. The fourth-order valence-electron chi connectivity index (χ4n) is 2.38. The van der Waals surface area contributed by atoms with E-state index in [1.807, 2.05) is 0 Å². The number of benzene rings is 2. The third kappa shape index (κ3) is 4.65. The smallest absolute Gasteiger partial charge is 0.339 e. The lowest BCUT2D eigenvalue weighted by Gasteiger charge is -2.13. The van der Waals surface area contributed by atoms with Crippen LogP contribution in [0, 0.1) is 0 Å². The standard InChI is InChI=1S/C18H13ClF3N3O2/c19-13-7-3-1-5-11(13)17-24-16(27-25-17)10-9-15(26)23-14-8-4-2-6-12(14)18(20,21)22/h1-8H,9-10H2,(H,23,26). The van der Waals surface area contributed by atoms with E-state index in [9.17, 15) is 18.0 Å². The second-order valence-electron chi connectivity index (χ2n) is 5.58. The molecule has 9 heteroatoms. The van der Waals surface area contributed by atoms with Crippen LogP contribution in [0.15, 0.2) is 53.1 Å². The number of nitrogens with zero attached hydrogens (tertiary/aromatic N) is 2. The number of rotatable bonds is 5. The van der Waals surface area contributed by atoms with Gasteiger partial charge in [-0.1, -0.05) is 41.0 Å². The van der Waals surface area contributed by atoms with E-state index in [-0.39, 0.29) is 30.2 Å². The maximum atomic E-state index is 13.0. The molecule has 1 aromatic heterocycles. The Balaban J connectivity index is 1.64. The van der Waals surface area contributed by atoms with Crippen molar-refractivity contribution in [2.45, 2.75) is 19.0 Å². The van der Waals surface area contributed by atoms with Gasteiger partial charge < -0.3 is 9.84 Å². The summed E-state index contributed by atoms with van der Waals surface area (Å²) in [4.78, 5) is 16.2. The van der Waals surface area contributed by atoms with Gasteiger partial charge in [0, 0.05) is 18.4 Å². The van der Waals surface area contributed by atoms with E-state index in [2.05, 4.69) is 15.5 Å². The zero-order valence-electron chi connectivity index (χ0n) is 13.8. The van der Waals surface area contributed by atoms with Crippen LogP contribution < -0.4 is 5.32 Å². The highest BCUT2D eigenvalue weighted by Crippen LogP contribution is 2.34. The van der Waals surface area contributed by atoms with Crippen LogP contribution in [-0.4, -0.2) is 16.0 Å². The van der Waals surface area contributed by atoms with Gasteiger partial charge in [0.2, 0.25) is 17.6 Å². The number of amides is 1. The van der Waals surface area contributed by atoms with E-state index in [0.717, 1.165) is 6.07 Å². The topological polar surface area (TPSA) is 68.0 Å². The molecule has 1 N–H and O–H groups in total. The molecule has 1 heterocycles. The minimum atomic E-state index is -4.56. The van der Waals surface area contributed by atoms with E-state index >= 15 is 0 Å². The molecule has 0 aliphatic carbocycles. The summed E-state index contributed by atoms with van der Waals surface area (Å²) in [6, 6.07) is 11.7. The van der Waals surface area contributed by atoms with E-state index in [1.165, 1.54) is 18.2 Å². The maximum Gasteiger partial charge on any atom is 0.418 e. The predicted molar refractivity (Wildman–Crippen MR) is 93.1 cm³/mol. The van der Waals surface area contributed by atoms with Crippen molar-refractivity contribution in [3.05, 3.63) is 65.0 Å². The average Bonchev–Trinajstić information content (AvgIpc) is 3.09. The lowest BCUT2D eigenvalue weighted by Crippen LogP contribution is -2.16. The van der Waals surface area contributed by atoms with Crippen molar-refractivity contribution < 1.29 is 22.5 Å². The Bertz CT molecular complexity index is 957. The molecule has 0 aliphatic rings. The van der Waals surface area contributed by atoms with Gasteiger partial charge in [0.25, 0.3) is 0 Å². The molecule has 0 fully saturated rings. The second-order valence-corrected chi connectivity index (χ2v) is 5.99. The molecule has 27 heavy (non-hydrogen) atoms. The number of anilines is 1. The zero-order chi connectivity index (χ0) is 19.4. The van der Waals surface area contributed by atoms with Gasteiger partial charge in [-0.25, -0.2) is 0 Å². The van der Waals surface area contributed by atoms with Crippen LogP contribution in [0.3, 0.4) is 0 Å². The number of hydrogen-bond donors (Lipinski definition) is 1. The summed E-state index contributed by atoms with van der Waals surface area (Å²) in [7, 11) is 0. The summed E-state index contributed by atoms with van der Waals surface area (Å²) >= 11 is 6.06. The summed E-state index contributed by atoms with van der Waals surface area (Å²) in [5, 5.41) is 6.52. The van der Waals surface area contributed by atoms with Gasteiger partial charge in [-0.2, -0.15) is 18.2 Å². The highest BCUT2D eigenvalue weighted by molar-refractivity contribution is 6.33. The van der Waals surface area contributed by atoms with Gasteiger partial charge in [0.1, 0.15) is 0 Å². The van der Waals surface area contributed by atoms with Crippen LogP contribution in [0.5, 0.6) is 0 Å². The largest absolute Gasteiger partial charge is 0.418 e. The molecule has 3 rings (SSSR count). The Morgan fingerprint density at radius 1 is 1.11 bits per heavy atom. The molecule has 140 valence electrons. The first-order valence-corrected chi connectivity index (χ1v) is 8.26. The van der Waals surface area contributed by atoms with Crippen LogP contribution in [0.4, 0.5) is 18.9 Å². The molecular formula is C18H13ClF3N3O2. The second kappa shape index (κ2) is 7.79. The number of halogens is 4. The van der Waals surface area contributed by atoms with Crippen LogP contribution in [-0.2, 0) is 17.4 Å². The third-order valence-corrected chi connectivity index (χ3v) is 3.98. The van der Waals surface area contributed by atoms with Gasteiger partial charge in [-0.05, 0) is 24.3 Å². The molecule has 3 aromatic rings. The molecule has 0 bridgehead atoms. The zero-order valence-corrected chi connectivity index (χ0v) is 14.5. The van der Waals surface area contributed by atoms with Gasteiger partial charge >= 0.3 is 6.18 Å². The highest BCUT2D eigenvalue weighted by Gasteiger charge is 2.33. The summed E-state index contributed by atoms with van der Waals surface area (Å²) < 4.78 is 43.9. The number of para-hydroxylation sites is 1. The Kier molecular flexibility index (Phi) is 5.46. The molecule has 0 saturated heterocycles. The summed E-state index contributed by atoms with van der Waals surface area (Å²) in [5.74, 6) is -0.133. The quantitative estimate of drug-likeness (QED) is 0.661. The molecule has 5 nitrogen and oxygen atoms in total. The molecular weight excluding hydrogens is 383 g/mol. The first-order valence-electron chi connectivity index (χ1n) is 7.88. The van der Waals surface area contributed by atoms with Crippen molar-refractivity contribution in [3.63, 3.8) is 0 Å². The molecule has 0 unspecified atom stereocenters. The minimum Gasteiger partial charge on any atom is -0.339 e. The third-order valence-electron chi connectivity index (χ3n) is 3.66. The number of carbonyl (C=O) groups is 1. The number of alkyl halides is 3. The molecule has 1 amide bonds. The number of carbonyl (C=O) groups excluding carboxylic acids is 1. The van der Waals surface area contributed by atoms with Crippen molar-refractivity contribution in [2.24, 2.45) is 0 Å². The first kappa shape index (κ1) is 18.9. The fraction of sp³-hybridized carbons (Fsp3) is 0.167. The molecule has 2 aromatic carbocycles. The van der Waals surface area contributed by atoms with Crippen LogP contribution in [0.1, 0.15) is 17.9 Å². The lowest BCUT2D eigenvalue weighted by molar-refractivity contribution is -0.137. The van der Waals surface area contributed by atoms with Crippen molar-refractivity contribution in [2.75, 3.05) is 5.32 Å². The van der Waals surface area contributed by atoms with Crippen molar-refractivity contribution in [1.82, 2.24) is 10.1 Å². The van der Waals surface area contributed by atoms with E-state index < -0.39 is 17.6 Å². The number of aromatic nitrogens is 2. The normalized spacial score (nSPS) is 11.4. The Morgan fingerprint density at radius 3 is 2.56 bits per heavy atom. The van der Waals surface area contributed by atoms with Gasteiger partial charge in [0.05, 0.1) is 16.3 Å². The van der Waals surface area contributed by atoms with Crippen LogP contribution >= 0.6 is 11.6 Å². The van der Waals surface area contributed by atoms with Crippen LogP contribution in [0.2, 0.25) is 5.02 Å². The van der Waals surface area contributed by atoms with Gasteiger partial charge in [-0.15, -0.1) is 0 Å². The SMILES string of the molecule is O=C(CCc1nc(-c2ccccc2Cl)no1)Nc1ccccc1C(F)(F)F. The summed E-state index contributed by atoms with van der Waals surface area (Å²) in [6.45, 7) is 0. The van der Waals surface area contributed by atoms with E-state index in [1.54, 1.807) is 24.3 Å². The van der Waals surface area contributed by atoms with Crippen molar-refractivity contribution in [3.8, 4) is 11.4 Å². The summed E-state index contributed by atoms with van der Waals surface area (Å²) in [5.41, 5.74) is -0.618. The monoisotopic (exact) mass is 395 g/mol. The number of hydrogen-bond acceptors (Lipinski definition) is 4. The van der Waals surface area contributed by atoms with Gasteiger partial charge in [-0.3, -0.25) is 4.79 Å². The van der Waals surface area contributed by atoms with Crippen LogP contribution in [0.25, 0.3) is 11.4 Å². The number of nitrogens with one attached hydrogen (secondary N) is 1. The highest BCUT2D eigenvalue weighted by atomic mass is 35.5. The Hall–Kier alpha value is -2.87. The van der Waals surface area contributed by atoms with Crippen molar-refractivity contribution >= 4 is 23.2 Å². The fourth-order valence-corrected chi connectivity index (χ4v) is 2.60. The van der Waals surface area contributed by atoms with Crippen molar-refractivity contribution in [1.29, 1.82) is 0 Å². The Labute approximate surface area is 157 Å². The molecule has 0 radical (unpaired) electrons. The predicted octanol–water partition coefficient (Wildman–Crippen LogP) is 4.98. The molecule has 0 aliphatic heterocycles. The Morgan fingerprint density at radius 2 is 1.81 bits per heavy atom. The van der Waals surface area contributed by atoms with E-state index in [0.29, 0.717) is 10.6 Å². The molecule has 0 saturated carbocycles. The average molecular weight is 396 g/mol. The summed E-state index contributed by atoms with van der Waals surface area (Å²) in [6.07, 6.45) is -4.59. The van der Waals surface area contributed by atoms with Gasteiger partial charge in [0.15, 0.2) is 0 Å².